The van der Waals surface area contributed by atoms with Crippen LogP contribution in [0.4, 0.5) is 5.69 Å². The molecule has 1 fully saturated rings. The molecule has 2 atom stereocenters. The first-order valence-electron chi connectivity index (χ1n) is 13.6. The number of benzene rings is 4. The van der Waals surface area contributed by atoms with E-state index in [1.165, 1.54) is 0 Å². The van der Waals surface area contributed by atoms with Crippen molar-refractivity contribution in [2.45, 2.75) is 25.3 Å². The average molecular weight is 563 g/mol. The number of para-hydroxylation sites is 1. The molecule has 0 unspecified atom stereocenters. The Bertz CT molecular complexity index is 1640. The largest absolute Gasteiger partial charge is 0.493 e. The summed E-state index contributed by atoms with van der Waals surface area (Å²) in [5, 5.41) is 8.44. The van der Waals surface area contributed by atoms with E-state index in [2.05, 4.69) is 22.4 Å². The maximum atomic E-state index is 13.4. The van der Waals surface area contributed by atoms with Gasteiger partial charge in [0.05, 0.1) is 27.0 Å². The Morgan fingerprint density at radius 3 is 2.21 bits per heavy atom. The molecule has 0 spiro atoms. The van der Waals surface area contributed by atoms with Gasteiger partial charge in [0.1, 0.15) is 29.8 Å². The van der Waals surface area contributed by atoms with Gasteiger partial charge in [-0.1, -0.05) is 65.9 Å². The Hall–Kier alpha value is -5.31. The predicted octanol–water partition coefficient (Wildman–Crippen LogP) is 5.46. The Morgan fingerprint density at radius 2 is 1.50 bits per heavy atom. The van der Waals surface area contributed by atoms with Crippen molar-refractivity contribution >= 4 is 11.6 Å². The monoisotopic (exact) mass is 562 g/mol. The third kappa shape index (κ3) is 5.62. The number of anilines is 1. The molecule has 0 N–H and O–H groups in total. The lowest BCUT2D eigenvalue weighted by Crippen LogP contribution is -2.61. The summed E-state index contributed by atoms with van der Waals surface area (Å²) in [4.78, 5) is 15.2. The standard InChI is InChI=1S/C33H30N4O5/c1-39-29-18-15-26(19-30(29)40-2)37-31(32(33(37)38)42-28-11-7-4-8-12-28)24-13-16-27(17-14-24)41-22-25-21-36(35-34-25)20-23-9-5-3-6-10-23/h3-19,21,31-32H,20,22H2,1-2H3/t31-,32+/m1/s1. The number of carbonyl (C=O) groups excluding carboxylic acids is 1. The highest BCUT2D eigenvalue weighted by atomic mass is 16.5. The maximum absolute atomic E-state index is 13.4. The molecule has 0 aliphatic carbocycles. The van der Waals surface area contributed by atoms with Gasteiger partial charge in [0.2, 0.25) is 6.10 Å². The summed E-state index contributed by atoms with van der Waals surface area (Å²) in [5.41, 5.74) is 3.48. The highest BCUT2D eigenvalue weighted by Crippen LogP contribution is 2.44. The fourth-order valence-electron chi connectivity index (χ4n) is 4.98. The molecule has 1 aliphatic rings. The minimum Gasteiger partial charge on any atom is -0.493 e. The van der Waals surface area contributed by atoms with Gasteiger partial charge < -0.3 is 18.9 Å². The normalized spacial score (nSPS) is 16.0. The van der Waals surface area contributed by atoms with Crippen molar-refractivity contribution < 1.29 is 23.7 Å². The molecule has 0 saturated carbocycles. The minimum absolute atomic E-state index is 0.144. The topological polar surface area (TPSA) is 87.9 Å². The minimum atomic E-state index is -0.688. The number of nitrogens with zero attached hydrogens (tertiary/aromatic N) is 4. The number of ether oxygens (including phenoxy) is 4. The van der Waals surface area contributed by atoms with Crippen LogP contribution < -0.4 is 23.8 Å². The fraction of sp³-hybridized carbons (Fsp3) is 0.182. The van der Waals surface area contributed by atoms with E-state index in [0.29, 0.717) is 35.2 Å². The van der Waals surface area contributed by atoms with Crippen LogP contribution in [-0.4, -0.2) is 41.2 Å². The number of methoxy groups -OCH3 is 2. The lowest BCUT2D eigenvalue weighted by Gasteiger charge is -2.46. The Morgan fingerprint density at radius 1 is 0.786 bits per heavy atom. The molecule has 1 saturated heterocycles. The van der Waals surface area contributed by atoms with E-state index in [1.807, 2.05) is 85.1 Å². The molecule has 2 heterocycles. The maximum Gasteiger partial charge on any atom is 0.271 e. The number of aromatic nitrogens is 3. The van der Waals surface area contributed by atoms with E-state index >= 15 is 0 Å². The first kappa shape index (κ1) is 26.9. The van der Waals surface area contributed by atoms with Gasteiger partial charge in [-0.3, -0.25) is 9.69 Å². The molecule has 42 heavy (non-hydrogen) atoms. The van der Waals surface area contributed by atoms with Gasteiger partial charge in [-0.15, -0.1) is 5.10 Å². The van der Waals surface area contributed by atoms with Crippen molar-refractivity contribution in [1.82, 2.24) is 15.0 Å². The second-order valence-electron chi connectivity index (χ2n) is 9.79. The summed E-state index contributed by atoms with van der Waals surface area (Å²) in [5.74, 6) is 2.30. The molecule has 1 amide bonds. The second-order valence-corrected chi connectivity index (χ2v) is 9.79. The number of hydrogen-bond donors (Lipinski definition) is 0. The van der Waals surface area contributed by atoms with Crippen LogP contribution in [-0.2, 0) is 17.9 Å². The fourth-order valence-corrected chi connectivity index (χ4v) is 4.98. The zero-order valence-electron chi connectivity index (χ0n) is 23.3. The summed E-state index contributed by atoms with van der Waals surface area (Å²) < 4.78 is 24.8. The van der Waals surface area contributed by atoms with Crippen molar-refractivity contribution in [3.05, 3.63) is 126 Å². The van der Waals surface area contributed by atoms with Gasteiger partial charge in [0, 0.05) is 11.8 Å². The SMILES string of the molecule is COc1ccc(N2C(=O)[C@@H](Oc3ccccc3)[C@H]2c2ccc(OCc3cn(Cc4ccccc4)nn3)cc2)cc1OC. The molecular formula is C33H30N4O5. The lowest BCUT2D eigenvalue weighted by molar-refractivity contribution is -0.135. The van der Waals surface area contributed by atoms with Crippen molar-refractivity contribution in [1.29, 1.82) is 0 Å². The van der Waals surface area contributed by atoms with E-state index in [1.54, 1.807) is 35.9 Å². The summed E-state index contributed by atoms with van der Waals surface area (Å²) in [6, 6.07) is 32.2. The number of β-lactam (4-membered cyclic amide) rings is 1. The molecule has 5 aromatic rings. The van der Waals surface area contributed by atoms with Crippen LogP contribution >= 0.6 is 0 Å². The Kier molecular flexibility index (Phi) is 7.72. The molecule has 1 aromatic heterocycles. The van der Waals surface area contributed by atoms with Crippen LogP contribution in [0.1, 0.15) is 22.9 Å². The third-order valence-electron chi connectivity index (χ3n) is 7.08. The lowest BCUT2D eigenvalue weighted by atomic mass is 9.89. The van der Waals surface area contributed by atoms with Gasteiger partial charge >= 0.3 is 0 Å². The van der Waals surface area contributed by atoms with Crippen LogP contribution in [0.25, 0.3) is 0 Å². The first-order chi connectivity index (χ1) is 20.6. The highest BCUT2D eigenvalue weighted by Gasteiger charge is 2.51. The molecule has 212 valence electrons. The zero-order valence-corrected chi connectivity index (χ0v) is 23.3. The van der Waals surface area contributed by atoms with Gasteiger partial charge in [0.15, 0.2) is 11.5 Å². The summed E-state index contributed by atoms with van der Waals surface area (Å²) in [6.45, 7) is 0.930. The molecule has 0 radical (unpaired) electrons. The van der Waals surface area contributed by atoms with Crippen molar-refractivity contribution in [3.8, 4) is 23.0 Å². The smallest absolute Gasteiger partial charge is 0.271 e. The molecule has 0 bridgehead atoms. The van der Waals surface area contributed by atoms with Gasteiger partial charge in [0.25, 0.3) is 5.91 Å². The quantitative estimate of drug-likeness (QED) is 0.198. The molecular weight excluding hydrogens is 532 g/mol. The van der Waals surface area contributed by atoms with Crippen molar-refractivity contribution in [3.63, 3.8) is 0 Å². The summed E-state index contributed by atoms with van der Waals surface area (Å²) in [7, 11) is 3.15. The van der Waals surface area contributed by atoms with Gasteiger partial charge in [-0.05, 0) is 47.5 Å². The number of rotatable bonds is 11. The van der Waals surface area contributed by atoms with E-state index in [9.17, 15) is 4.79 Å². The third-order valence-corrected chi connectivity index (χ3v) is 7.08. The molecule has 6 rings (SSSR count). The highest BCUT2D eigenvalue weighted by molar-refractivity contribution is 6.05. The van der Waals surface area contributed by atoms with Crippen molar-refractivity contribution in [2.75, 3.05) is 19.1 Å². The van der Waals surface area contributed by atoms with Crippen LogP contribution in [0, 0.1) is 0 Å². The van der Waals surface area contributed by atoms with Crippen LogP contribution in [0.5, 0.6) is 23.0 Å². The number of hydrogen-bond acceptors (Lipinski definition) is 7. The van der Waals surface area contributed by atoms with Crippen LogP contribution in [0.3, 0.4) is 0 Å². The number of carbonyl (C=O) groups is 1. The molecule has 4 aromatic carbocycles. The van der Waals surface area contributed by atoms with E-state index in [-0.39, 0.29) is 18.6 Å². The Labute approximate surface area is 243 Å². The van der Waals surface area contributed by atoms with Crippen LogP contribution in [0.15, 0.2) is 109 Å². The molecule has 9 heteroatoms. The first-order valence-corrected chi connectivity index (χ1v) is 13.6. The van der Waals surface area contributed by atoms with E-state index in [4.69, 9.17) is 18.9 Å². The summed E-state index contributed by atoms with van der Waals surface area (Å²) in [6.07, 6.45) is 1.19. The Balaban J connectivity index is 1.18. The van der Waals surface area contributed by atoms with Gasteiger partial charge in [-0.25, -0.2) is 4.68 Å². The average Bonchev–Trinajstić information content (AvgIpc) is 3.49. The predicted molar refractivity (Wildman–Crippen MR) is 157 cm³/mol. The van der Waals surface area contributed by atoms with E-state index in [0.717, 1.165) is 16.8 Å². The van der Waals surface area contributed by atoms with Crippen LogP contribution in [0.2, 0.25) is 0 Å². The summed E-state index contributed by atoms with van der Waals surface area (Å²) >= 11 is 0. The van der Waals surface area contributed by atoms with Crippen molar-refractivity contribution in [2.24, 2.45) is 0 Å². The van der Waals surface area contributed by atoms with E-state index < -0.39 is 6.10 Å². The van der Waals surface area contributed by atoms with Gasteiger partial charge in [-0.2, -0.15) is 0 Å². The molecule has 9 nitrogen and oxygen atoms in total. The second kappa shape index (κ2) is 12.1. The molecule has 1 aliphatic heterocycles. The number of amides is 1. The zero-order chi connectivity index (χ0) is 28.9.